The van der Waals surface area contributed by atoms with Gasteiger partial charge in [-0.05, 0) is 49.9 Å². The lowest BCUT2D eigenvalue weighted by atomic mass is 10.1. The molecule has 0 atom stereocenters. The first-order valence-corrected chi connectivity index (χ1v) is 11.4. The van der Waals surface area contributed by atoms with Gasteiger partial charge >= 0.3 is 6.03 Å². The van der Waals surface area contributed by atoms with Gasteiger partial charge in [-0.15, -0.1) is 0 Å². The summed E-state index contributed by atoms with van der Waals surface area (Å²) in [6.07, 6.45) is 10.5. The number of hydrogen-bond acceptors (Lipinski definition) is 3. The molecule has 0 radical (unpaired) electrons. The molecule has 2 aliphatic rings. The number of benzene rings is 1. The van der Waals surface area contributed by atoms with Crippen molar-refractivity contribution in [1.82, 2.24) is 4.90 Å². The fraction of sp³-hybridized carbons (Fsp3) is 0.650. The first-order valence-electron chi connectivity index (χ1n) is 9.86. The standard InChI is InChI=1S/C20H30N2O3S/c1-22(17-8-4-2-3-5-9-17)20(23)21-16-12-14-19(15-13-16)26(24,25)18-10-6-7-11-18/h12-15,17-18H,2-11H2,1H3,(H,21,23). The molecular formula is C20H30N2O3S. The van der Waals surface area contributed by atoms with Gasteiger partial charge in [-0.1, -0.05) is 38.5 Å². The third-order valence-corrected chi connectivity index (χ3v) is 8.15. The third-order valence-electron chi connectivity index (χ3n) is 5.87. The monoisotopic (exact) mass is 378 g/mol. The highest BCUT2D eigenvalue weighted by atomic mass is 32.2. The number of carbonyl (C=O) groups is 1. The fourth-order valence-corrected chi connectivity index (χ4v) is 6.00. The summed E-state index contributed by atoms with van der Waals surface area (Å²) in [7, 11) is -1.39. The Morgan fingerprint density at radius 2 is 1.46 bits per heavy atom. The predicted octanol–water partition coefficient (Wildman–Crippen LogP) is 4.59. The molecule has 6 heteroatoms. The van der Waals surface area contributed by atoms with E-state index in [4.69, 9.17) is 0 Å². The summed E-state index contributed by atoms with van der Waals surface area (Å²) in [5.41, 5.74) is 0.640. The van der Waals surface area contributed by atoms with E-state index in [0.717, 1.165) is 38.5 Å². The number of carbonyl (C=O) groups excluding carboxylic acids is 1. The van der Waals surface area contributed by atoms with E-state index in [1.165, 1.54) is 25.7 Å². The molecule has 0 heterocycles. The molecule has 2 fully saturated rings. The molecule has 2 saturated carbocycles. The Labute approximate surface area is 157 Å². The van der Waals surface area contributed by atoms with Crippen LogP contribution in [0.1, 0.15) is 64.2 Å². The number of rotatable bonds is 4. The fourth-order valence-electron chi connectivity index (χ4n) is 4.14. The Morgan fingerprint density at radius 1 is 0.923 bits per heavy atom. The minimum atomic E-state index is -3.24. The van der Waals surface area contributed by atoms with Crippen molar-refractivity contribution >= 4 is 21.6 Å². The van der Waals surface area contributed by atoms with Crippen molar-refractivity contribution in [3.63, 3.8) is 0 Å². The Bertz CT molecular complexity index is 701. The van der Waals surface area contributed by atoms with Crippen LogP contribution in [0.15, 0.2) is 29.2 Å². The maximum absolute atomic E-state index is 12.6. The van der Waals surface area contributed by atoms with E-state index in [2.05, 4.69) is 5.32 Å². The third kappa shape index (κ3) is 4.40. The van der Waals surface area contributed by atoms with Crippen LogP contribution in [0.2, 0.25) is 0 Å². The van der Waals surface area contributed by atoms with Gasteiger partial charge in [0.25, 0.3) is 0 Å². The average Bonchev–Trinajstić information content (AvgIpc) is 3.06. The van der Waals surface area contributed by atoms with E-state index in [-0.39, 0.29) is 11.3 Å². The zero-order chi connectivity index (χ0) is 18.6. The topological polar surface area (TPSA) is 66.5 Å². The van der Waals surface area contributed by atoms with Crippen LogP contribution in [0.25, 0.3) is 0 Å². The number of nitrogens with zero attached hydrogens (tertiary/aromatic N) is 1. The van der Waals surface area contributed by atoms with Crippen LogP contribution < -0.4 is 5.32 Å². The van der Waals surface area contributed by atoms with Gasteiger partial charge in [-0.2, -0.15) is 0 Å². The van der Waals surface area contributed by atoms with Crippen LogP contribution in [-0.4, -0.2) is 37.7 Å². The van der Waals surface area contributed by atoms with Crippen molar-refractivity contribution in [2.45, 2.75) is 80.4 Å². The smallest absolute Gasteiger partial charge is 0.321 e. The summed E-state index contributed by atoms with van der Waals surface area (Å²) in [4.78, 5) is 14.7. The van der Waals surface area contributed by atoms with E-state index < -0.39 is 9.84 Å². The molecule has 1 aromatic rings. The van der Waals surface area contributed by atoms with Gasteiger partial charge in [-0.3, -0.25) is 0 Å². The van der Waals surface area contributed by atoms with Crippen LogP contribution >= 0.6 is 0 Å². The highest BCUT2D eigenvalue weighted by Gasteiger charge is 2.30. The lowest BCUT2D eigenvalue weighted by molar-refractivity contribution is 0.197. The lowest BCUT2D eigenvalue weighted by Gasteiger charge is -2.27. The van der Waals surface area contributed by atoms with E-state index in [9.17, 15) is 13.2 Å². The number of hydrogen-bond donors (Lipinski definition) is 1. The van der Waals surface area contributed by atoms with Crippen LogP contribution in [0.5, 0.6) is 0 Å². The molecule has 0 aromatic heterocycles. The van der Waals surface area contributed by atoms with Gasteiger partial charge in [0, 0.05) is 18.8 Å². The number of anilines is 1. The van der Waals surface area contributed by atoms with Gasteiger partial charge < -0.3 is 10.2 Å². The minimum Gasteiger partial charge on any atom is -0.325 e. The summed E-state index contributed by atoms with van der Waals surface area (Å²) in [5, 5.41) is 2.65. The minimum absolute atomic E-state index is 0.122. The van der Waals surface area contributed by atoms with Crippen molar-refractivity contribution in [2.24, 2.45) is 0 Å². The summed E-state index contributed by atoms with van der Waals surface area (Å²) >= 11 is 0. The Morgan fingerprint density at radius 3 is 2.04 bits per heavy atom. The number of amides is 2. The largest absolute Gasteiger partial charge is 0.325 e. The molecule has 0 spiro atoms. The molecule has 26 heavy (non-hydrogen) atoms. The average molecular weight is 379 g/mol. The quantitative estimate of drug-likeness (QED) is 0.779. The molecule has 0 saturated heterocycles. The second-order valence-electron chi connectivity index (χ2n) is 7.66. The van der Waals surface area contributed by atoms with Gasteiger partial charge in [0.2, 0.25) is 0 Å². The molecule has 1 aromatic carbocycles. The highest BCUT2D eigenvalue weighted by molar-refractivity contribution is 7.92. The maximum atomic E-state index is 12.6. The zero-order valence-corrected chi connectivity index (χ0v) is 16.4. The molecule has 0 unspecified atom stereocenters. The molecule has 144 valence electrons. The summed E-state index contributed by atoms with van der Waals surface area (Å²) in [6.45, 7) is 0. The summed E-state index contributed by atoms with van der Waals surface area (Å²) in [6, 6.07) is 6.80. The van der Waals surface area contributed by atoms with Crippen molar-refractivity contribution in [3.05, 3.63) is 24.3 Å². The van der Waals surface area contributed by atoms with Crippen molar-refractivity contribution in [1.29, 1.82) is 0 Å². The Hall–Kier alpha value is -1.56. The van der Waals surface area contributed by atoms with E-state index in [1.54, 1.807) is 29.2 Å². The molecule has 2 amide bonds. The molecule has 3 rings (SSSR count). The number of urea groups is 1. The van der Waals surface area contributed by atoms with E-state index >= 15 is 0 Å². The first-order chi connectivity index (χ1) is 12.5. The van der Waals surface area contributed by atoms with Crippen molar-refractivity contribution < 1.29 is 13.2 Å². The van der Waals surface area contributed by atoms with E-state index in [0.29, 0.717) is 16.6 Å². The molecule has 5 nitrogen and oxygen atoms in total. The first kappa shape index (κ1) is 19.2. The summed E-state index contributed by atoms with van der Waals surface area (Å²) in [5.74, 6) is 0. The van der Waals surface area contributed by atoms with Crippen LogP contribution in [-0.2, 0) is 9.84 Å². The Kier molecular flexibility index (Phi) is 6.22. The summed E-state index contributed by atoms with van der Waals surface area (Å²) < 4.78 is 25.2. The Balaban J connectivity index is 1.62. The molecule has 2 aliphatic carbocycles. The molecule has 1 N–H and O–H groups in total. The zero-order valence-electron chi connectivity index (χ0n) is 15.6. The van der Waals surface area contributed by atoms with Gasteiger partial charge in [0.05, 0.1) is 10.1 Å². The van der Waals surface area contributed by atoms with Crippen LogP contribution in [0.4, 0.5) is 10.5 Å². The van der Waals surface area contributed by atoms with Crippen LogP contribution in [0, 0.1) is 0 Å². The van der Waals surface area contributed by atoms with Gasteiger partial charge in [0.1, 0.15) is 0 Å². The van der Waals surface area contributed by atoms with Crippen molar-refractivity contribution in [3.8, 4) is 0 Å². The van der Waals surface area contributed by atoms with Crippen molar-refractivity contribution in [2.75, 3.05) is 12.4 Å². The SMILES string of the molecule is CN(C(=O)Nc1ccc(S(=O)(=O)C2CCCC2)cc1)C1CCCCCC1. The normalized spacial score (nSPS) is 19.9. The maximum Gasteiger partial charge on any atom is 0.321 e. The van der Waals surface area contributed by atoms with E-state index in [1.807, 2.05) is 7.05 Å². The number of nitrogens with one attached hydrogen (secondary N) is 1. The lowest BCUT2D eigenvalue weighted by Crippen LogP contribution is -2.39. The molecule has 0 bridgehead atoms. The van der Waals surface area contributed by atoms with Gasteiger partial charge in [-0.25, -0.2) is 13.2 Å². The molecular weight excluding hydrogens is 348 g/mol. The molecule has 0 aliphatic heterocycles. The second kappa shape index (κ2) is 8.42. The van der Waals surface area contributed by atoms with Crippen LogP contribution in [0.3, 0.4) is 0 Å². The number of sulfone groups is 1. The highest BCUT2D eigenvalue weighted by Crippen LogP contribution is 2.30. The second-order valence-corrected chi connectivity index (χ2v) is 9.89. The van der Waals surface area contributed by atoms with Gasteiger partial charge in [0.15, 0.2) is 9.84 Å². The predicted molar refractivity (Wildman–Crippen MR) is 104 cm³/mol.